The van der Waals surface area contributed by atoms with E-state index in [-0.39, 0.29) is 5.56 Å². The Morgan fingerprint density at radius 2 is 2.03 bits per heavy atom. The quantitative estimate of drug-likeness (QED) is 0.420. The van der Waals surface area contributed by atoms with E-state index in [0.29, 0.717) is 37.0 Å². The highest BCUT2D eigenvalue weighted by Gasteiger charge is 2.12. The van der Waals surface area contributed by atoms with Gasteiger partial charge < -0.3 is 18.6 Å². The molecule has 2 aromatic heterocycles. The van der Waals surface area contributed by atoms with Gasteiger partial charge in [0.2, 0.25) is 5.82 Å². The molecule has 0 bridgehead atoms. The van der Waals surface area contributed by atoms with Crippen molar-refractivity contribution in [2.24, 2.45) is 0 Å². The average molecular weight is 402 g/mol. The molecule has 0 amide bonds. The van der Waals surface area contributed by atoms with Crippen molar-refractivity contribution in [2.75, 3.05) is 20.3 Å². The van der Waals surface area contributed by atoms with E-state index in [4.69, 9.17) is 14.0 Å². The molecular weight excluding hydrogens is 382 g/mol. The third-order valence-electron chi connectivity index (χ3n) is 4.43. The predicted molar refractivity (Wildman–Crippen MR) is 111 cm³/mol. The molecule has 0 spiro atoms. The molecule has 0 atom stereocenters. The number of hydrogen-bond acceptors (Lipinski definition) is 6. The van der Waals surface area contributed by atoms with Crippen molar-refractivity contribution in [1.29, 1.82) is 0 Å². The molecule has 0 saturated carbocycles. The van der Waals surface area contributed by atoms with E-state index in [0.717, 1.165) is 16.9 Å². The second kappa shape index (κ2) is 9.19. The van der Waals surface area contributed by atoms with E-state index in [1.165, 1.54) is 6.07 Å². The number of hydrogen-bond donors (Lipinski definition) is 0. The normalized spacial score (nSPS) is 10.8. The van der Waals surface area contributed by atoms with Crippen molar-refractivity contribution in [3.05, 3.63) is 88.8 Å². The summed E-state index contributed by atoms with van der Waals surface area (Å²) in [6.07, 6.45) is 1.73. The lowest BCUT2D eigenvalue weighted by atomic mass is 10.2. The van der Waals surface area contributed by atoms with Gasteiger partial charge in [0.25, 0.3) is 11.4 Å². The van der Waals surface area contributed by atoms with Crippen molar-refractivity contribution < 1.29 is 14.0 Å². The minimum atomic E-state index is -0.120. The number of aromatic nitrogens is 3. The Hall–Kier alpha value is -3.71. The lowest BCUT2D eigenvalue weighted by Crippen LogP contribution is -2.19. The summed E-state index contributed by atoms with van der Waals surface area (Å²) in [5, 5.41) is 4.05. The van der Waals surface area contributed by atoms with Gasteiger partial charge in [0, 0.05) is 30.5 Å². The highest BCUT2D eigenvalue weighted by molar-refractivity contribution is 5.58. The van der Waals surface area contributed by atoms with Crippen LogP contribution in [0.3, 0.4) is 0 Å². The summed E-state index contributed by atoms with van der Waals surface area (Å²) in [7, 11) is 1.63. The second-order valence-electron chi connectivity index (χ2n) is 6.59. The van der Waals surface area contributed by atoms with Crippen molar-refractivity contribution in [3.8, 4) is 28.6 Å². The highest BCUT2D eigenvalue weighted by atomic mass is 16.5. The van der Waals surface area contributed by atoms with Crippen molar-refractivity contribution in [1.82, 2.24) is 14.7 Å². The summed E-state index contributed by atoms with van der Waals surface area (Å²) in [4.78, 5) is 16.8. The summed E-state index contributed by atoms with van der Waals surface area (Å²) in [5.41, 5.74) is 2.30. The molecule has 0 aliphatic carbocycles. The monoisotopic (exact) mass is 402 g/mol. The van der Waals surface area contributed by atoms with Crippen molar-refractivity contribution in [3.63, 3.8) is 0 Å². The van der Waals surface area contributed by atoms with Crippen LogP contribution >= 0.6 is 0 Å². The Balaban J connectivity index is 1.55. The third kappa shape index (κ3) is 4.64. The van der Waals surface area contributed by atoms with Crippen LogP contribution in [-0.2, 0) is 11.3 Å². The Kier molecular flexibility index (Phi) is 6.01. The SMILES string of the molecule is COCCOc1cccc(Cn2cc(-c3noc(-c4c[c]ccc4)n3)ccc2=O)c1. The Labute approximate surface area is 173 Å². The molecule has 30 heavy (non-hydrogen) atoms. The molecule has 4 aromatic rings. The molecule has 0 N–H and O–H groups in total. The molecule has 0 fully saturated rings. The molecule has 7 heteroatoms. The summed E-state index contributed by atoms with van der Waals surface area (Å²) >= 11 is 0. The van der Waals surface area contributed by atoms with E-state index in [2.05, 4.69) is 16.2 Å². The Morgan fingerprint density at radius 1 is 1.10 bits per heavy atom. The van der Waals surface area contributed by atoms with E-state index < -0.39 is 0 Å². The molecule has 0 saturated heterocycles. The van der Waals surface area contributed by atoms with Crippen LogP contribution in [0.25, 0.3) is 22.8 Å². The fourth-order valence-corrected chi connectivity index (χ4v) is 2.94. The third-order valence-corrected chi connectivity index (χ3v) is 4.43. The molecule has 1 radical (unpaired) electrons. The van der Waals surface area contributed by atoms with E-state index >= 15 is 0 Å². The van der Waals surface area contributed by atoms with Crippen LogP contribution < -0.4 is 10.3 Å². The Bertz CT molecular complexity index is 1170. The number of ether oxygens (including phenoxy) is 2. The van der Waals surface area contributed by atoms with Crippen LogP contribution in [0.5, 0.6) is 5.75 Å². The van der Waals surface area contributed by atoms with Gasteiger partial charge in [-0.1, -0.05) is 29.4 Å². The summed E-state index contributed by atoms with van der Waals surface area (Å²) in [5.74, 6) is 1.55. The van der Waals surface area contributed by atoms with Crippen LogP contribution in [0.2, 0.25) is 0 Å². The van der Waals surface area contributed by atoms with Gasteiger partial charge in [0.15, 0.2) is 0 Å². The van der Waals surface area contributed by atoms with Gasteiger partial charge in [-0.15, -0.1) is 0 Å². The van der Waals surface area contributed by atoms with Gasteiger partial charge in [-0.3, -0.25) is 4.79 Å². The first kappa shape index (κ1) is 19.6. The maximum Gasteiger partial charge on any atom is 0.258 e. The number of methoxy groups -OCH3 is 1. The van der Waals surface area contributed by atoms with Gasteiger partial charge in [0.1, 0.15) is 12.4 Å². The number of pyridine rings is 1. The largest absolute Gasteiger partial charge is 0.491 e. The van der Waals surface area contributed by atoms with Gasteiger partial charge in [-0.2, -0.15) is 4.98 Å². The highest BCUT2D eigenvalue weighted by Crippen LogP contribution is 2.21. The van der Waals surface area contributed by atoms with Crippen LogP contribution in [0.1, 0.15) is 5.56 Å². The topological polar surface area (TPSA) is 79.4 Å². The zero-order valence-electron chi connectivity index (χ0n) is 16.4. The lowest BCUT2D eigenvalue weighted by molar-refractivity contribution is 0.146. The molecule has 0 unspecified atom stereocenters. The first-order valence-corrected chi connectivity index (χ1v) is 9.45. The maximum atomic E-state index is 12.4. The Morgan fingerprint density at radius 3 is 2.87 bits per heavy atom. The average Bonchev–Trinajstić information content (AvgIpc) is 3.27. The smallest absolute Gasteiger partial charge is 0.258 e. The van der Waals surface area contributed by atoms with Crippen LogP contribution in [0.4, 0.5) is 0 Å². The van der Waals surface area contributed by atoms with Crippen LogP contribution in [0.15, 0.2) is 76.2 Å². The van der Waals surface area contributed by atoms with Crippen molar-refractivity contribution in [2.45, 2.75) is 6.54 Å². The zero-order valence-corrected chi connectivity index (χ0v) is 16.4. The molecule has 2 heterocycles. The molecule has 0 aliphatic heterocycles. The standard InChI is InChI=1S/C23H20N3O4/c1-28-12-13-29-20-9-5-6-17(14-20)15-26-16-19(10-11-21(26)27)22-24-23(30-25-22)18-7-3-2-4-8-18/h2-3,5-11,14,16H,12-13,15H2,1H3. The fourth-order valence-electron chi connectivity index (χ4n) is 2.94. The summed E-state index contributed by atoms with van der Waals surface area (Å²) in [6, 6.07) is 21.1. The minimum Gasteiger partial charge on any atom is -0.491 e. The zero-order chi connectivity index (χ0) is 20.8. The van der Waals surface area contributed by atoms with Crippen LogP contribution in [-0.4, -0.2) is 35.0 Å². The number of benzene rings is 2. The van der Waals surface area contributed by atoms with Crippen molar-refractivity contribution >= 4 is 0 Å². The van der Waals surface area contributed by atoms with Gasteiger partial charge in [-0.25, -0.2) is 0 Å². The van der Waals surface area contributed by atoms with E-state index in [1.807, 2.05) is 36.4 Å². The molecule has 7 nitrogen and oxygen atoms in total. The molecular formula is C23H20N3O4. The predicted octanol–water partition coefficient (Wildman–Crippen LogP) is 3.44. The van der Waals surface area contributed by atoms with Crippen LogP contribution in [0, 0.1) is 6.07 Å². The first-order valence-electron chi connectivity index (χ1n) is 9.45. The molecule has 151 valence electrons. The fraction of sp³-hybridized carbons (Fsp3) is 0.174. The number of nitrogens with zero attached hydrogens (tertiary/aromatic N) is 3. The van der Waals surface area contributed by atoms with Gasteiger partial charge >= 0.3 is 0 Å². The summed E-state index contributed by atoms with van der Waals surface area (Å²) in [6.45, 7) is 1.38. The number of rotatable bonds is 8. The van der Waals surface area contributed by atoms with Gasteiger partial charge in [-0.05, 0) is 42.0 Å². The minimum absolute atomic E-state index is 0.120. The molecule has 4 rings (SSSR count). The molecule has 2 aromatic carbocycles. The van der Waals surface area contributed by atoms with E-state index in [9.17, 15) is 4.79 Å². The molecule has 0 aliphatic rings. The second-order valence-corrected chi connectivity index (χ2v) is 6.59. The summed E-state index contributed by atoms with van der Waals surface area (Å²) < 4.78 is 17.6. The first-order chi connectivity index (χ1) is 14.7. The van der Waals surface area contributed by atoms with Gasteiger partial charge in [0.05, 0.1) is 13.2 Å². The maximum absolute atomic E-state index is 12.4. The lowest BCUT2D eigenvalue weighted by Gasteiger charge is -2.10. The van der Waals surface area contributed by atoms with E-state index in [1.54, 1.807) is 36.1 Å².